The summed E-state index contributed by atoms with van der Waals surface area (Å²) in [7, 11) is 0. The third-order valence-electron chi connectivity index (χ3n) is 3.46. The van der Waals surface area contributed by atoms with Crippen molar-refractivity contribution in [3.8, 4) is 5.75 Å². The van der Waals surface area contributed by atoms with Gasteiger partial charge in [-0.15, -0.1) is 11.3 Å². The second-order valence-electron chi connectivity index (χ2n) is 4.97. The molecule has 0 aliphatic carbocycles. The molecule has 0 radical (unpaired) electrons. The lowest BCUT2D eigenvalue weighted by molar-refractivity contribution is 0.150. The summed E-state index contributed by atoms with van der Waals surface area (Å²) in [6.45, 7) is 6.85. The molecule has 21 heavy (non-hydrogen) atoms. The van der Waals surface area contributed by atoms with Crippen molar-refractivity contribution in [2.24, 2.45) is 5.73 Å². The highest BCUT2D eigenvalue weighted by molar-refractivity contribution is 7.11. The number of aliphatic hydroxyl groups excluding tert-OH is 1. The third-order valence-corrected chi connectivity index (χ3v) is 4.61. The van der Waals surface area contributed by atoms with Crippen molar-refractivity contribution >= 4 is 11.3 Å². The highest BCUT2D eigenvalue weighted by Crippen LogP contribution is 2.35. The summed E-state index contributed by atoms with van der Waals surface area (Å²) in [5, 5.41) is 11.6. The Morgan fingerprint density at radius 2 is 1.95 bits per heavy atom. The van der Waals surface area contributed by atoms with Gasteiger partial charge in [0, 0.05) is 12.5 Å². The van der Waals surface area contributed by atoms with Crippen LogP contribution in [0.3, 0.4) is 0 Å². The van der Waals surface area contributed by atoms with Gasteiger partial charge in [0.05, 0.1) is 28.3 Å². The standard InChI is InChI=1S/C16H22N2O2S/c1-4-20-13-7-5-12(6-8-13)14(9-17)15(19)16-10(2)18-11(3)21-16/h5-8,14-15,19H,4,9,17H2,1-3H3. The zero-order valence-electron chi connectivity index (χ0n) is 12.7. The summed E-state index contributed by atoms with van der Waals surface area (Å²) >= 11 is 1.53. The first-order valence-corrected chi connectivity index (χ1v) is 7.93. The predicted octanol–water partition coefficient (Wildman–Crippen LogP) is 2.93. The summed E-state index contributed by atoms with van der Waals surface area (Å²) in [6.07, 6.45) is -0.626. The predicted molar refractivity (Wildman–Crippen MR) is 86.0 cm³/mol. The van der Waals surface area contributed by atoms with Crippen molar-refractivity contribution in [3.05, 3.63) is 45.4 Å². The normalized spacial score (nSPS) is 14.0. The van der Waals surface area contributed by atoms with Crippen LogP contribution in [0.1, 0.15) is 40.1 Å². The zero-order valence-corrected chi connectivity index (χ0v) is 13.5. The van der Waals surface area contributed by atoms with Gasteiger partial charge >= 0.3 is 0 Å². The second-order valence-corrected chi connectivity index (χ2v) is 6.21. The maximum Gasteiger partial charge on any atom is 0.119 e. The van der Waals surface area contributed by atoms with Crippen LogP contribution in [-0.4, -0.2) is 23.2 Å². The monoisotopic (exact) mass is 306 g/mol. The Kier molecular flexibility index (Phi) is 5.33. The molecule has 4 nitrogen and oxygen atoms in total. The average Bonchev–Trinajstić information content (AvgIpc) is 2.80. The van der Waals surface area contributed by atoms with E-state index in [-0.39, 0.29) is 5.92 Å². The molecule has 0 bridgehead atoms. The van der Waals surface area contributed by atoms with Gasteiger partial charge in [0.25, 0.3) is 0 Å². The van der Waals surface area contributed by atoms with Crippen molar-refractivity contribution < 1.29 is 9.84 Å². The van der Waals surface area contributed by atoms with Crippen LogP contribution in [0.15, 0.2) is 24.3 Å². The molecule has 0 spiro atoms. The van der Waals surface area contributed by atoms with Crippen LogP contribution in [0.5, 0.6) is 5.75 Å². The van der Waals surface area contributed by atoms with Crippen molar-refractivity contribution in [2.75, 3.05) is 13.2 Å². The number of ether oxygens (including phenoxy) is 1. The van der Waals surface area contributed by atoms with E-state index in [1.165, 1.54) is 11.3 Å². The van der Waals surface area contributed by atoms with Gasteiger partial charge in [-0.3, -0.25) is 0 Å². The summed E-state index contributed by atoms with van der Waals surface area (Å²) in [4.78, 5) is 5.28. The number of nitrogens with zero attached hydrogens (tertiary/aromatic N) is 1. The van der Waals surface area contributed by atoms with Gasteiger partial charge in [0.1, 0.15) is 5.75 Å². The van der Waals surface area contributed by atoms with Crippen molar-refractivity contribution in [1.82, 2.24) is 4.98 Å². The van der Waals surface area contributed by atoms with Crippen LogP contribution in [0, 0.1) is 13.8 Å². The Morgan fingerprint density at radius 3 is 2.43 bits per heavy atom. The van der Waals surface area contributed by atoms with Gasteiger partial charge in [-0.25, -0.2) is 4.98 Å². The van der Waals surface area contributed by atoms with Crippen molar-refractivity contribution in [1.29, 1.82) is 0 Å². The molecule has 5 heteroatoms. The van der Waals surface area contributed by atoms with Crippen LogP contribution in [0.2, 0.25) is 0 Å². The summed E-state index contributed by atoms with van der Waals surface area (Å²) in [5.41, 5.74) is 7.79. The van der Waals surface area contributed by atoms with E-state index in [4.69, 9.17) is 10.5 Å². The quantitative estimate of drug-likeness (QED) is 0.861. The van der Waals surface area contributed by atoms with E-state index in [1.54, 1.807) is 0 Å². The van der Waals surface area contributed by atoms with Crippen LogP contribution >= 0.6 is 11.3 Å². The topological polar surface area (TPSA) is 68.4 Å². The van der Waals surface area contributed by atoms with E-state index in [0.29, 0.717) is 13.2 Å². The lowest BCUT2D eigenvalue weighted by Gasteiger charge is -2.21. The molecule has 2 atom stereocenters. The van der Waals surface area contributed by atoms with Gasteiger partial charge in [-0.05, 0) is 38.5 Å². The molecule has 2 rings (SSSR count). The maximum absolute atomic E-state index is 10.7. The molecule has 0 aliphatic heterocycles. The van der Waals surface area contributed by atoms with Crippen LogP contribution in [0.25, 0.3) is 0 Å². The molecule has 0 amide bonds. The first-order valence-electron chi connectivity index (χ1n) is 7.11. The van der Waals surface area contributed by atoms with Gasteiger partial charge in [-0.2, -0.15) is 0 Å². The van der Waals surface area contributed by atoms with Crippen LogP contribution in [0.4, 0.5) is 0 Å². The fraction of sp³-hybridized carbons (Fsp3) is 0.438. The van der Waals surface area contributed by atoms with Crippen LogP contribution < -0.4 is 10.5 Å². The van der Waals surface area contributed by atoms with Crippen molar-refractivity contribution in [3.63, 3.8) is 0 Å². The molecule has 1 aromatic heterocycles. The van der Waals surface area contributed by atoms with Gasteiger partial charge < -0.3 is 15.6 Å². The Labute approximate surface area is 129 Å². The number of rotatable bonds is 6. The molecule has 2 aromatic rings. The van der Waals surface area contributed by atoms with Crippen LogP contribution in [-0.2, 0) is 0 Å². The lowest BCUT2D eigenvalue weighted by atomic mass is 9.92. The number of thiazole rings is 1. The van der Waals surface area contributed by atoms with E-state index in [2.05, 4.69) is 4.98 Å². The third kappa shape index (κ3) is 3.61. The fourth-order valence-corrected chi connectivity index (χ4v) is 3.41. The molecular formula is C16H22N2O2S. The van der Waals surface area contributed by atoms with Gasteiger partial charge in [-0.1, -0.05) is 12.1 Å². The Hall–Kier alpha value is -1.43. The first kappa shape index (κ1) is 15.9. The summed E-state index contributed by atoms with van der Waals surface area (Å²) < 4.78 is 5.44. The minimum atomic E-state index is -0.626. The average molecular weight is 306 g/mol. The largest absolute Gasteiger partial charge is 0.494 e. The van der Waals surface area contributed by atoms with E-state index < -0.39 is 6.10 Å². The molecule has 0 aliphatic rings. The molecule has 2 unspecified atom stereocenters. The minimum Gasteiger partial charge on any atom is -0.494 e. The number of nitrogens with two attached hydrogens (primary N) is 1. The van der Waals surface area contributed by atoms with Gasteiger partial charge in [0.15, 0.2) is 0 Å². The summed E-state index contributed by atoms with van der Waals surface area (Å²) in [5.74, 6) is 0.690. The fourth-order valence-electron chi connectivity index (χ4n) is 2.43. The number of aliphatic hydroxyl groups is 1. The van der Waals surface area contributed by atoms with E-state index in [1.807, 2.05) is 45.0 Å². The number of aryl methyl sites for hydroxylation is 2. The molecular weight excluding hydrogens is 284 g/mol. The Balaban J connectivity index is 2.24. The highest BCUT2D eigenvalue weighted by Gasteiger charge is 2.25. The van der Waals surface area contributed by atoms with E-state index in [9.17, 15) is 5.11 Å². The second kappa shape index (κ2) is 7.02. The molecule has 3 N–H and O–H groups in total. The first-order chi connectivity index (χ1) is 10.1. The Bertz CT molecular complexity index is 580. The molecule has 0 saturated carbocycles. The van der Waals surface area contributed by atoms with E-state index >= 15 is 0 Å². The van der Waals surface area contributed by atoms with E-state index in [0.717, 1.165) is 26.9 Å². The summed E-state index contributed by atoms with van der Waals surface area (Å²) in [6, 6.07) is 7.77. The number of hydrogen-bond donors (Lipinski definition) is 2. The SMILES string of the molecule is CCOc1ccc(C(CN)C(O)c2sc(C)nc2C)cc1. The number of benzene rings is 1. The maximum atomic E-state index is 10.7. The molecule has 114 valence electrons. The Morgan fingerprint density at radius 1 is 1.29 bits per heavy atom. The minimum absolute atomic E-state index is 0.140. The number of hydrogen-bond acceptors (Lipinski definition) is 5. The van der Waals surface area contributed by atoms with Gasteiger partial charge in [0.2, 0.25) is 0 Å². The molecule has 1 heterocycles. The number of aromatic nitrogens is 1. The lowest BCUT2D eigenvalue weighted by Crippen LogP contribution is -2.20. The highest BCUT2D eigenvalue weighted by atomic mass is 32.1. The molecule has 0 fully saturated rings. The van der Waals surface area contributed by atoms with Crippen molar-refractivity contribution in [2.45, 2.75) is 32.8 Å². The smallest absolute Gasteiger partial charge is 0.119 e. The zero-order chi connectivity index (χ0) is 15.4. The molecule has 0 saturated heterocycles. The molecule has 1 aromatic carbocycles.